The third-order valence-electron chi connectivity index (χ3n) is 9.77. The van der Waals surface area contributed by atoms with E-state index in [2.05, 4.69) is 26.3 Å². The average molecular weight is 679 g/mol. The number of aromatic nitrogens is 2. The second-order valence-electron chi connectivity index (χ2n) is 12.6. The van der Waals surface area contributed by atoms with E-state index in [9.17, 15) is 13.6 Å². The fourth-order valence-electron chi connectivity index (χ4n) is 7.60. The Bertz CT molecular complexity index is 2000. The van der Waals surface area contributed by atoms with Crippen LogP contribution in [0.5, 0.6) is 6.01 Å². The number of halogens is 5. The largest absolute Gasteiger partial charge is 0.461 e. The van der Waals surface area contributed by atoms with Crippen molar-refractivity contribution < 1.29 is 27.1 Å². The summed E-state index contributed by atoms with van der Waals surface area (Å²) >= 11 is 6.53. The summed E-state index contributed by atoms with van der Waals surface area (Å²) in [5.41, 5.74) is -0.820. The molecule has 13 heteroatoms. The SMILES string of the molecule is [C-]#[N+]C[C@H]1CN(c2nc(OC[C@@]34CCCN3C[C@H](F)C4)nc3c(F)c(-c4cccc5cccc(Cl)c45)c(F)cc23)CCN1C(=O)C(=C)F. The molecule has 3 aromatic carbocycles. The zero-order valence-corrected chi connectivity index (χ0v) is 26.6. The molecule has 248 valence electrons. The van der Waals surface area contributed by atoms with Crippen LogP contribution in [-0.2, 0) is 4.79 Å². The van der Waals surface area contributed by atoms with Crippen molar-refractivity contribution in [3.05, 3.63) is 82.9 Å². The molecule has 0 saturated carbocycles. The van der Waals surface area contributed by atoms with Gasteiger partial charge in [-0.25, -0.2) is 24.1 Å². The van der Waals surface area contributed by atoms with E-state index in [1.807, 2.05) is 0 Å². The molecule has 0 unspecified atom stereocenters. The predicted octanol–water partition coefficient (Wildman–Crippen LogP) is 6.76. The van der Waals surface area contributed by atoms with Crippen molar-refractivity contribution in [1.29, 1.82) is 0 Å². The lowest BCUT2D eigenvalue weighted by molar-refractivity contribution is -0.131. The molecule has 8 nitrogen and oxygen atoms in total. The molecule has 4 heterocycles. The molecule has 3 saturated heterocycles. The molecule has 3 atom stereocenters. The van der Waals surface area contributed by atoms with Crippen molar-refractivity contribution in [3.8, 4) is 17.1 Å². The number of carbonyl (C=O) groups is 1. The zero-order valence-electron chi connectivity index (χ0n) is 25.9. The van der Waals surface area contributed by atoms with Crippen LogP contribution in [0.25, 0.3) is 37.6 Å². The van der Waals surface area contributed by atoms with Gasteiger partial charge in [-0.1, -0.05) is 48.5 Å². The molecule has 0 bridgehead atoms. The van der Waals surface area contributed by atoms with Crippen LogP contribution in [0.3, 0.4) is 0 Å². The highest BCUT2D eigenvalue weighted by atomic mass is 35.5. The summed E-state index contributed by atoms with van der Waals surface area (Å²) in [5.74, 6) is -3.75. The van der Waals surface area contributed by atoms with Crippen LogP contribution in [-0.4, -0.2) is 89.3 Å². The fourth-order valence-corrected chi connectivity index (χ4v) is 7.88. The van der Waals surface area contributed by atoms with Gasteiger partial charge in [0.1, 0.15) is 36.0 Å². The minimum atomic E-state index is -1.14. The van der Waals surface area contributed by atoms with E-state index < -0.39 is 41.1 Å². The number of alkyl halides is 1. The number of nitrogens with zero attached hydrogens (tertiary/aromatic N) is 6. The van der Waals surface area contributed by atoms with Crippen LogP contribution in [0.4, 0.5) is 23.4 Å². The Morgan fingerprint density at radius 3 is 2.71 bits per heavy atom. The first kappa shape index (κ1) is 32.1. The molecule has 3 aliphatic rings. The molecule has 0 spiro atoms. The lowest BCUT2D eigenvalue weighted by atomic mass is 9.95. The number of carbonyl (C=O) groups excluding carboxylic acids is 1. The first-order valence-corrected chi connectivity index (χ1v) is 16.1. The van der Waals surface area contributed by atoms with Crippen LogP contribution >= 0.6 is 11.6 Å². The Labute approximate surface area is 279 Å². The van der Waals surface area contributed by atoms with Gasteiger partial charge in [-0.15, -0.1) is 0 Å². The number of hydrogen-bond acceptors (Lipinski definition) is 6. The molecule has 0 aliphatic carbocycles. The molecular formula is C35H31ClF4N6O2. The van der Waals surface area contributed by atoms with Gasteiger partial charge in [0, 0.05) is 48.4 Å². The van der Waals surface area contributed by atoms with E-state index in [1.165, 1.54) is 4.90 Å². The highest BCUT2D eigenvalue weighted by molar-refractivity contribution is 6.36. The van der Waals surface area contributed by atoms with Crippen molar-refractivity contribution in [1.82, 2.24) is 19.8 Å². The Morgan fingerprint density at radius 1 is 1.15 bits per heavy atom. The summed E-state index contributed by atoms with van der Waals surface area (Å²) in [6.07, 6.45) is 0.929. The van der Waals surface area contributed by atoms with Crippen molar-refractivity contribution in [3.63, 3.8) is 0 Å². The Balaban J connectivity index is 1.35. The van der Waals surface area contributed by atoms with Gasteiger partial charge in [0.2, 0.25) is 6.54 Å². The molecule has 7 rings (SSSR count). The molecule has 1 amide bonds. The lowest BCUT2D eigenvalue weighted by Crippen LogP contribution is -2.56. The summed E-state index contributed by atoms with van der Waals surface area (Å²) < 4.78 is 67.5. The van der Waals surface area contributed by atoms with Gasteiger partial charge in [-0.2, -0.15) is 9.97 Å². The van der Waals surface area contributed by atoms with Gasteiger partial charge >= 0.3 is 6.01 Å². The van der Waals surface area contributed by atoms with E-state index in [-0.39, 0.29) is 66.6 Å². The maximum Gasteiger partial charge on any atom is 0.319 e. The van der Waals surface area contributed by atoms with Crippen molar-refractivity contribution >= 4 is 45.0 Å². The number of benzene rings is 3. The number of ether oxygens (including phenoxy) is 1. The molecule has 1 aromatic heterocycles. The second-order valence-corrected chi connectivity index (χ2v) is 13.0. The minimum absolute atomic E-state index is 0.0111. The molecule has 48 heavy (non-hydrogen) atoms. The van der Waals surface area contributed by atoms with Gasteiger partial charge in [-0.05, 0) is 42.5 Å². The summed E-state index contributed by atoms with van der Waals surface area (Å²) in [4.78, 5) is 30.0. The summed E-state index contributed by atoms with van der Waals surface area (Å²) in [7, 11) is 0. The topological polar surface area (TPSA) is 66.2 Å². The van der Waals surface area contributed by atoms with Crippen LogP contribution in [0.15, 0.2) is 54.9 Å². The number of hydrogen-bond donors (Lipinski definition) is 0. The molecule has 0 N–H and O–H groups in total. The van der Waals surface area contributed by atoms with Gasteiger partial charge in [-0.3, -0.25) is 9.69 Å². The highest BCUT2D eigenvalue weighted by Gasteiger charge is 2.49. The first-order chi connectivity index (χ1) is 23.1. The highest BCUT2D eigenvalue weighted by Crippen LogP contribution is 2.42. The Kier molecular flexibility index (Phi) is 8.37. The minimum Gasteiger partial charge on any atom is -0.461 e. The maximum atomic E-state index is 16.8. The molecule has 0 radical (unpaired) electrons. The predicted molar refractivity (Wildman–Crippen MR) is 175 cm³/mol. The third kappa shape index (κ3) is 5.48. The van der Waals surface area contributed by atoms with Gasteiger partial charge in [0.05, 0.1) is 11.1 Å². The average Bonchev–Trinajstić information content (AvgIpc) is 3.59. The number of fused-ring (bicyclic) bond motifs is 3. The number of amides is 1. The monoisotopic (exact) mass is 678 g/mol. The number of rotatable bonds is 7. The van der Waals surface area contributed by atoms with E-state index in [0.29, 0.717) is 28.8 Å². The van der Waals surface area contributed by atoms with E-state index in [4.69, 9.17) is 22.9 Å². The Hall–Kier alpha value is -4.47. The molecule has 3 fully saturated rings. The smallest absolute Gasteiger partial charge is 0.319 e. The van der Waals surface area contributed by atoms with Crippen LogP contribution in [0, 0.1) is 18.2 Å². The number of anilines is 1. The fraction of sp³-hybridized carbons (Fsp3) is 0.371. The molecular weight excluding hydrogens is 648 g/mol. The van der Waals surface area contributed by atoms with Crippen molar-refractivity contribution in [2.75, 3.05) is 50.8 Å². The number of piperazine rings is 1. The zero-order chi connectivity index (χ0) is 33.7. The quantitative estimate of drug-likeness (QED) is 0.122. The van der Waals surface area contributed by atoms with Crippen LogP contribution in [0.2, 0.25) is 5.02 Å². The normalized spacial score (nSPS) is 22.7. The lowest BCUT2D eigenvalue weighted by Gasteiger charge is -2.39. The van der Waals surface area contributed by atoms with Crippen molar-refractivity contribution in [2.45, 2.75) is 37.0 Å². The maximum absolute atomic E-state index is 16.8. The van der Waals surface area contributed by atoms with Crippen molar-refractivity contribution in [2.24, 2.45) is 0 Å². The van der Waals surface area contributed by atoms with Crippen LogP contribution < -0.4 is 9.64 Å². The van der Waals surface area contributed by atoms with Crippen LogP contribution in [0.1, 0.15) is 19.3 Å². The summed E-state index contributed by atoms with van der Waals surface area (Å²) in [6, 6.07) is 10.5. The summed E-state index contributed by atoms with van der Waals surface area (Å²) in [5, 5.41) is 1.55. The van der Waals surface area contributed by atoms with E-state index in [1.54, 1.807) is 41.3 Å². The van der Waals surface area contributed by atoms with Gasteiger partial charge < -0.3 is 19.4 Å². The van der Waals surface area contributed by atoms with Gasteiger partial charge in [0.25, 0.3) is 5.91 Å². The third-order valence-corrected chi connectivity index (χ3v) is 10.1. The molecule has 3 aliphatic heterocycles. The van der Waals surface area contributed by atoms with Gasteiger partial charge in [0.15, 0.2) is 11.6 Å². The standard InChI is InChI=1S/C35H31ClF4N6O2/c1-20(37)33(47)46-13-12-44(18-23(46)16-41-2)32-25-14-27(39)29(24-8-3-6-21-7-4-9-26(36)28(21)24)30(40)31(25)42-34(43-32)48-19-35-10-5-11-45(35)17-22(38)15-35/h3-4,6-9,14,22-23H,1,5,10-13,15-19H2/t22-,23+,35+/m1/s1. The summed E-state index contributed by atoms with van der Waals surface area (Å²) in [6.45, 7) is 11.7. The van der Waals surface area contributed by atoms with E-state index >= 15 is 8.78 Å². The first-order valence-electron chi connectivity index (χ1n) is 15.7. The molecule has 4 aromatic rings. The van der Waals surface area contributed by atoms with E-state index in [0.717, 1.165) is 25.5 Å². The second kappa shape index (κ2) is 12.5. The Morgan fingerprint density at radius 2 is 1.94 bits per heavy atom.